The molecule has 0 atom stereocenters. The molecule has 5 nitrogen and oxygen atoms in total. The smallest absolute Gasteiger partial charge is 0.408 e. The van der Waals surface area contributed by atoms with Gasteiger partial charge in [-0.2, -0.15) is 0 Å². The van der Waals surface area contributed by atoms with Crippen LogP contribution in [0.1, 0.15) is 24.0 Å². The summed E-state index contributed by atoms with van der Waals surface area (Å²) in [6, 6.07) is 13.3. The summed E-state index contributed by atoms with van der Waals surface area (Å²) in [6.07, 6.45) is 3.61. The van der Waals surface area contributed by atoms with Crippen molar-refractivity contribution in [3.05, 3.63) is 64.1 Å². The van der Waals surface area contributed by atoms with Crippen LogP contribution in [0.3, 0.4) is 0 Å². The van der Waals surface area contributed by atoms with E-state index in [0.717, 1.165) is 18.5 Å². The molecule has 3 aromatic rings. The Balaban J connectivity index is 1.45. The van der Waals surface area contributed by atoms with Crippen molar-refractivity contribution in [2.75, 3.05) is 5.32 Å². The molecular weight excluding hydrogens is 304 g/mol. The zero-order chi connectivity index (χ0) is 16.5. The topological polar surface area (TPSA) is 64.2 Å². The van der Waals surface area contributed by atoms with Crippen LogP contribution in [0, 0.1) is 0 Å². The predicted octanol–water partition coefficient (Wildman–Crippen LogP) is 3.11. The molecule has 0 bridgehead atoms. The molecule has 24 heavy (non-hydrogen) atoms. The molecular formula is C19H18N2O3. The van der Waals surface area contributed by atoms with Gasteiger partial charge in [-0.05, 0) is 54.7 Å². The second kappa shape index (κ2) is 6.00. The maximum absolute atomic E-state index is 12.2. The van der Waals surface area contributed by atoms with Crippen molar-refractivity contribution in [1.82, 2.24) is 4.57 Å². The molecule has 0 fully saturated rings. The average Bonchev–Trinajstić information content (AvgIpc) is 3.16. The van der Waals surface area contributed by atoms with E-state index in [2.05, 4.69) is 17.4 Å². The lowest BCUT2D eigenvalue weighted by Crippen LogP contribution is -2.19. The number of para-hydroxylation sites is 2. The lowest BCUT2D eigenvalue weighted by Gasteiger charge is -2.08. The molecule has 1 aromatic heterocycles. The van der Waals surface area contributed by atoms with Crippen LogP contribution >= 0.6 is 0 Å². The van der Waals surface area contributed by atoms with E-state index < -0.39 is 5.76 Å². The number of anilines is 1. The van der Waals surface area contributed by atoms with Gasteiger partial charge in [-0.1, -0.05) is 18.2 Å². The Bertz CT molecular complexity index is 968. The number of carbonyl (C=O) groups is 1. The van der Waals surface area contributed by atoms with E-state index in [1.54, 1.807) is 6.07 Å². The average molecular weight is 322 g/mol. The molecule has 0 unspecified atom stereocenters. The molecule has 0 saturated carbocycles. The Morgan fingerprint density at radius 2 is 1.96 bits per heavy atom. The third-order valence-electron chi connectivity index (χ3n) is 4.52. The van der Waals surface area contributed by atoms with Gasteiger partial charge in [0.25, 0.3) is 0 Å². The SMILES string of the molecule is O=C(CCn1c(=O)oc2ccccc21)Nc1ccc2c(c1)CCC2. The van der Waals surface area contributed by atoms with Gasteiger partial charge in [0.2, 0.25) is 5.91 Å². The minimum atomic E-state index is -0.429. The summed E-state index contributed by atoms with van der Waals surface area (Å²) in [4.78, 5) is 24.1. The predicted molar refractivity (Wildman–Crippen MR) is 92.2 cm³/mol. The van der Waals surface area contributed by atoms with E-state index in [4.69, 9.17) is 4.42 Å². The number of oxazole rings is 1. The van der Waals surface area contributed by atoms with Gasteiger partial charge in [0.05, 0.1) is 5.52 Å². The number of nitrogens with zero attached hydrogens (tertiary/aromatic N) is 1. The summed E-state index contributed by atoms with van der Waals surface area (Å²) in [6.45, 7) is 0.298. The molecule has 5 heteroatoms. The number of hydrogen-bond acceptors (Lipinski definition) is 3. The minimum Gasteiger partial charge on any atom is -0.408 e. The van der Waals surface area contributed by atoms with Crippen LogP contribution < -0.4 is 11.1 Å². The highest BCUT2D eigenvalue weighted by molar-refractivity contribution is 5.90. The summed E-state index contributed by atoms with van der Waals surface area (Å²) in [5, 5.41) is 2.92. The van der Waals surface area contributed by atoms with Crippen molar-refractivity contribution in [2.45, 2.75) is 32.2 Å². The number of carbonyl (C=O) groups excluding carboxylic acids is 1. The summed E-state index contributed by atoms with van der Waals surface area (Å²) in [5.41, 5.74) is 4.79. The van der Waals surface area contributed by atoms with Crippen molar-refractivity contribution in [1.29, 1.82) is 0 Å². The largest absolute Gasteiger partial charge is 0.419 e. The summed E-state index contributed by atoms with van der Waals surface area (Å²) in [5.74, 6) is -0.536. The second-order valence-electron chi connectivity index (χ2n) is 6.12. The lowest BCUT2D eigenvalue weighted by atomic mass is 10.1. The van der Waals surface area contributed by atoms with Gasteiger partial charge < -0.3 is 9.73 Å². The zero-order valence-electron chi connectivity index (χ0n) is 13.2. The highest BCUT2D eigenvalue weighted by atomic mass is 16.4. The molecule has 1 N–H and O–H groups in total. The van der Waals surface area contributed by atoms with E-state index in [1.165, 1.54) is 22.1 Å². The first-order valence-corrected chi connectivity index (χ1v) is 8.21. The van der Waals surface area contributed by atoms with Gasteiger partial charge in [-0.3, -0.25) is 9.36 Å². The van der Waals surface area contributed by atoms with Crippen LogP contribution in [0.25, 0.3) is 11.1 Å². The number of aromatic nitrogens is 1. The molecule has 1 amide bonds. The van der Waals surface area contributed by atoms with Crippen molar-refractivity contribution in [3.8, 4) is 0 Å². The van der Waals surface area contributed by atoms with Crippen molar-refractivity contribution >= 4 is 22.7 Å². The lowest BCUT2D eigenvalue weighted by molar-refractivity contribution is -0.116. The summed E-state index contributed by atoms with van der Waals surface area (Å²) >= 11 is 0. The van der Waals surface area contributed by atoms with Gasteiger partial charge in [0.15, 0.2) is 5.58 Å². The van der Waals surface area contributed by atoms with Crippen LogP contribution in [0.5, 0.6) is 0 Å². The first-order valence-electron chi connectivity index (χ1n) is 8.21. The number of fused-ring (bicyclic) bond motifs is 2. The van der Waals surface area contributed by atoms with Gasteiger partial charge in [0.1, 0.15) is 0 Å². The van der Waals surface area contributed by atoms with E-state index in [1.807, 2.05) is 24.3 Å². The third kappa shape index (κ3) is 2.73. The fourth-order valence-corrected chi connectivity index (χ4v) is 3.31. The maximum atomic E-state index is 12.2. The Labute approximate surface area is 138 Å². The molecule has 1 aliphatic carbocycles. The van der Waals surface area contributed by atoms with E-state index in [0.29, 0.717) is 17.6 Å². The number of benzene rings is 2. The van der Waals surface area contributed by atoms with Crippen molar-refractivity contribution < 1.29 is 9.21 Å². The third-order valence-corrected chi connectivity index (χ3v) is 4.52. The molecule has 4 rings (SSSR count). The van der Waals surface area contributed by atoms with E-state index in [-0.39, 0.29) is 12.3 Å². The van der Waals surface area contributed by atoms with Gasteiger partial charge in [-0.25, -0.2) is 4.79 Å². The molecule has 0 aliphatic heterocycles. The molecule has 1 heterocycles. The van der Waals surface area contributed by atoms with Crippen LogP contribution in [0.2, 0.25) is 0 Å². The van der Waals surface area contributed by atoms with Crippen molar-refractivity contribution in [2.24, 2.45) is 0 Å². The number of hydrogen-bond donors (Lipinski definition) is 1. The second-order valence-corrected chi connectivity index (χ2v) is 6.12. The number of nitrogens with one attached hydrogen (secondary N) is 1. The molecule has 1 aliphatic rings. The maximum Gasteiger partial charge on any atom is 0.419 e. The highest BCUT2D eigenvalue weighted by Gasteiger charge is 2.13. The van der Waals surface area contributed by atoms with Gasteiger partial charge in [0, 0.05) is 18.7 Å². The standard InChI is InChI=1S/C19H18N2O3/c22-18(20-15-9-8-13-4-3-5-14(13)12-15)10-11-21-16-6-1-2-7-17(16)24-19(21)23/h1-2,6-9,12H,3-5,10-11H2,(H,20,22). The first kappa shape index (κ1) is 14.8. The first-order chi connectivity index (χ1) is 11.7. The fraction of sp³-hybridized carbons (Fsp3) is 0.263. The highest BCUT2D eigenvalue weighted by Crippen LogP contribution is 2.25. The number of rotatable bonds is 4. The Kier molecular flexibility index (Phi) is 3.69. The van der Waals surface area contributed by atoms with Crippen LogP contribution in [-0.2, 0) is 24.2 Å². The normalized spacial score (nSPS) is 13.2. The Hall–Kier alpha value is -2.82. The Morgan fingerprint density at radius 1 is 1.12 bits per heavy atom. The molecule has 0 spiro atoms. The van der Waals surface area contributed by atoms with Crippen molar-refractivity contribution in [3.63, 3.8) is 0 Å². The molecule has 2 aromatic carbocycles. The zero-order valence-corrected chi connectivity index (χ0v) is 13.2. The Morgan fingerprint density at radius 3 is 2.88 bits per heavy atom. The fourth-order valence-electron chi connectivity index (χ4n) is 3.31. The number of aryl methyl sites for hydroxylation is 3. The molecule has 0 saturated heterocycles. The van der Waals surface area contributed by atoms with Crippen LogP contribution in [-0.4, -0.2) is 10.5 Å². The van der Waals surface area contributed by atoms with E-state index >= 15 is 0 Å². The van der Waals surface area contributed by atoms with Crippen LogP contribution in [0.15, 0.2) is 51.7 Å². The van der Waals surface area contributed by atoms with Crippen LogP contribution in [0.4, 0.5) is 5.69 Å². The summed E-state index contributed by atoms with van der Waals surface area (Å²) in [7, 11) is 0. The summed E-state index contributed by atoms with van der Waals surface area (Å²) < 4.78 is 6.67. The van der Waals surface area contributed by atoms with Gasteiger partial charge >= 0.3 is 5.76 Å². The number of amides is 1. The molecule has 0 radical (unpaired) electrons. The van der Waals surface area contributed by atoms with E-state index in [9.17, 15) is 9.59 Å². The monoisotopic (exact) mass is 322 g/mol. The van der Waals surface area contributed by atoms with Gasteiger partial charge in [-0.15, -0.1) is 0 Å². The quantitative estimate of drug-likeness (QED) is 0.802. The molecule has 122 valence electrons. The minimum absolute atomic E-state index is 0.106.